The minimum Gasteiger partial charge on any atom is -0.382 e. The maximum Gasteiger partial charge on any atom is 0.174 e. The van der Waals surface area contributed by atoms with E-state index < -0.39 is 0 Å². The van der Waals surface area contributed by atoms with Gasteiger partial charge in [0.2, 0.25) is 0 Å². The van der Waals surface area contributed by atoms with E-state index in [9.17, 15) is 0 Å². The van der Waals surface area contributed by atoms with Gasteiger partial charge >= 0.3 is 0 Å². The van der Waals surface area contributed by atoms with Crippen LogP contribution in [0.4, 0.5) is 5.82 Å². The van der Waals surface area contributed by atoms with Crippen LogP contribution in [0.5, 0.6) is 0 Å². The second-order valence-corrected chi connectivity index (χ2v) is 3.65. The summed E-state index contributed by atoms with van der Waals surface area (Å²) in [5.74, 6) is 0.782. The summed E-state index contributed by atoms with van der Waals surface area (Å²) in [6.45, 7) is 0. The first-order chi connectivity index (χ1) is 7.77. The number of hydrogen-bond donors (Lipinski definition) is 1. The molecule has 0 aromatic carbocycles. The van der Waals surface area contributed by atoms with Crippen molar-refractivity contribution < 1.29 is 0 Å². The summed E-state index contributed by atoms with van der Waals surface area (Å²) >= 11 is 1.37. The largest absolute Gasteiger partial charge is 0.382 e. The highest BCUT2D eigenvalue weighted by molar-refractivity contribution is 7.98. The van der Waals surface area contributed by atoms with E-state index >= 15 is 0 Å². The molecule has 0 saturated carbocycles. The maximum absolute atomic E-state index is 8.96. The Kier molecular flexibility index (Phi) is 2.74. The summed E-state index contributed by atoms with van der Waals surface area (Å²) in [6, 6.07) is 2.03. The zero-order valence-corrected chi connectivity index (χ0v) is 9.27. The second kappa shape index (κ2) is 4.20. The van der Waals surface area contributed by atoms with Crippen molar-refractivity contribution in [2.45, 2.75) is 5.03 Å². The number of nitrogen functional groups attached to an aromatic ring is 1. The van der Waals surface area contributed by atoms with Crippen molar-refractivity contribution in [3.8, 4) is 11.9 Å². The molecule has 2 aromatic heterocycles. The number of thioether (sulfide) groups is 1. The lowest BCUT2D eigenvalue weighted by molar-refractivity contribution is 0.812. The van der Waals surface area contributed by atoms with E-state index in [1.165, 1.54) is 22.6 Å². The van der Waals surface area contributed by atoms with Crippen molar-refractivity contribution in [1.29, 1.82) is 5.26 Å². The van der Waals surface area contributed by atoms with Crippen molar-refractivity contribution in [2.24, 2.45) is 0 Å². The number of rotatable bonds is 2. The van der Waals surface area contributed by atoms with Gasteiger partial charge in [0.25, 0.3) is 0 Å². The fourth-order valence-corrected chi connectivity index (χ4v) is 1.75. The Bertz CT molecular complexity index is 541. The molecule has 0 bridgehead atoms. The molecule has 7 heteroatoms. The van der Waals surface area contributed by atoms with E-state index in [1.54, 1.807) is 12.4 Å². The Labute approximate surface area is 96.1 Å². The molecule has 2 rings (SSSR count). The normalized spacial score (nSPS) is 10.0. The fraction of sp³-hybridized carbons (Fsp3) is 0.111. The Morgan fingerprint density at radius 2 is 2.31 bits per heavy atom. The highest BCUT2D eigenvalue weighted by Gasteiger charge is 2.16. The van der Waals surface area contributed by atoms with Crippen LogP contribution in [0.3, 0.4) is 0 Å². The molecular formula is C9H8N6S. The van der Waals surface area contributed by atoms with Crippen LogP contribution in [0.2, 0.25) is 0 Å². The highest BCUT2D eigenvalue weighted by Crippen LogP contribution is 2.25. The standard InChI is InChI=1S/C9H8N6S/c1-16-9-6(4-10)8(11)15(14-9)7-5-12-2-3-13-7/h2-3,5H,11H2,1H3. The average molecular weight is 232 g/mol. The lowest BCUT2D eigenvalue weighted by Crippen LogP contribution is -2.04. The van der Waals surface area contributed by atoms with E-state index in [-0.39, 0.29) is 5.82 Å². The number of nitrogens with two attached hydrogens (primary N) is 1. The van der Waals surface area contributed by atoms with E-state index in [2.05, 4.69) is 15.1 Å². The summed E-state index contributed by atoms with van der Waals surface area (Å²) < 4.78 is 1.41. The molecule has 0 spiro atoms. The molecule has 0 aliphatic heterocycles. The zero-order chi connectivity index (χ0) is 11.5. The highest BCUT2D eigenvalue weighted by atomic mass is 32.2. The van der Waals surface area contributed by atoms with Crippen LogP contribution in [-0.2, 0) is 0 Å². The molecule has 0 amide bonds. The van der Waals surface area contributed by atoms with E-state index in [1.807, 2.05) is 12.3 Å². The lowest BCUT2D eigenvalue weighted by Gasteiger charge is -2.00. The third kappa shape index (κ3) is 1.59. The van der Waals surface area contributed by atoms with Gasteiger partial charge in [0.15, 0.2) is 5.82 Å². The van der Waals surface area contributed by atoms with Gasteiger partial charge < -0.3 is 5.73 Å². The molecule has 0 unspecified atom stereocenters. The molecule has 80 valence electrons. The van der Waals surface area contributed by atoms with Crippen LogP contribution in [0.15, 0.2) is 23.6 Å². The average Bonchev–Trinajstić information content (AvgIpc) is 2.66. The topological polar surface area (TPSA) is 93.4 Å². The summed E-state index contributed by atoms with van der Waals surface area (Å²) in [7, 11) is 0. The molecule has 0 saturated heterocycles. The molecule has 0 radical (unpaired) electrons. The minimum absolute atomic E-state index is 0.285. The summed E-state index contributed by atoms with van der Waals surface area (Å²) in [4.78, 5) is 8.00. The van der Waals surface area contributed by atoms with Gasteiger partial charge in [-0.15, -0.1) is 11.8 Å². The van der Waals surface area contributed by atoms with Crippen LogP contribution in [0, 0.1) is 11.3 Å². The Morgan fingerprint density at radius 1 is 1.50 bits per heavy atom. The third-order valence-electron chi connectivity index (χ3n) is 1.96. The van der Waals surface area contributed by atoms with Gasteiger partial charge in [-0.05, 0) is 6.26 Å². The van der Waals surface area contributed by atoms with Gasteiger partial charge in [0, 0.05) is 12.4 Å². The summed E-state index contributed by atoms with van der Waals surface area (Å²) in [5.41, 5.74) is 6.19. The minimum atomic E-state index is 0.285. The van der Waals surface area contributed by atoms with Crippen molar-refractivity contribution in [3.63, 3.8) is 0 Å². The van der Waals surface area contributed by atoms with Crippen molar-refractivity contribution >= 4 is 17.6 Å². The summed E-state index contributed by atoms with van der Waals surface area (Å²) in [5, 5.41) is 13.7. The SMILES string of the molecule is CSc1nn(-c2cnccn2)c(N)c1C#N. The number of aromatic nitrogens is 4. The third-order valence-corrected chi connectivity index (χ3v) is 2.63. The van der Waals surface area contributed by atoms with Crippen LogP contribution in [-0.4, -0.2) is 26.0 Å². The van der Waals surface area contributed by atoms with Crippen LogP contribution >= 0.6 is 11.8 Å². The van der Waals surface area contributed by atoms with Gasteiger partial charge in [-0.2, -0.15) is 15.0 Å². The molecule has 16 heavy (non-hydrogen) atoms. The van der Waals surface area contributed by atoms with Crippen LogP contribution in [0.25, 0.3) is 5.82 Å². The predicted molar refractivity (Wildman–Crippen MR) is 60.1 cm³/mol. The first-order valence-corrected chi connectivity index (χ1v) is 5.59. The van der Waals surface area contributed by atoms with Gasteiger partial charge in [0.1, 0.15) is 22.5 Å². The van der Waals surface area contributed by atoms with Gasteiger partial charge in [-0.3, -0.25) is 4.98 Å². The fourth-order valence-electron chi connectivity index (χ4n) is 1.23. The number of anilines is 1. The lowest BCUT2D eigenvalue weighted by atomic mass is 10.4. The van der Waals surface area contributed by atoms with Crippen LogP contribution in [0.1, 0.15) is 5.56 Å². The summed E-state index contributed by atoms with van der Waals surface area (Å²) in [6.07, 6.45) is 6.48. The van der Waals surface area contributed by atoms with Crippen LogP contribution < -0.4 is 5.73 Å². The smallest absolute Gasteiger partial charge is 0.174 e. The number of hydrogen-bond acceptors (Lipinski definition) is 6. The zero-order valence-electron chi connectivity index (χ0n) is 8.45. The Hall–Kier alpha value is -2.07. The molecular weight excluding hydrogens is 224 g/mol. The van der Waals surface area contributed by atoms with Crippen molar-refractivity contribution in [3.05, 3.63) is 24.2 Å². The van der Waals surface area contributed by atoms with Crippen molar-refractivity contribution in [2.75, 3.05) is 12.0 Å². The number of nitriles is 1. The Balaban J connectivity index is 2.60. The van der Waals surface area contributed by atoms with E-state index in [0.717, 1.165) is 0 Å². The van der Waals surface area contributed by atoms with Gasteiger partial charge in [0.05, 0.1) is 6.20 Å². The number of nitrogens with zero attached hydrogens (tertiary/aromatic N) is 5. The Morgan fingerprint density at radius 3 is 2.81 bits per heavy atom. The molecule has 2 heterocycles. The first-order valence-electron chi connectivity index (χ1n) is 4.37. The van der Waals surface area contributed by atoms with Gasteiger partial charge in [-0.25, -0.2) is 4.98 Å². The quantitative estimate of drug-likeness (QED) is 0.771. The molecule has 0 fully saturated rings. The first kappa shape index (κ1) is 10.4. The molecule has 0 aliphatic rings. The monoisotopic (exact) mass is 232 g/mol. The molecule has 0 atom stereocenters. The van der Waals surface area contributed by atoms with E-state index in [4.69, 9.17) is 11.0 Å². The second-order valence-electron chi connectivity index (χ2n) is 2.86. The maximum atomic E-state index is 8.96. The molecule has 2 N–H and O–H groups in total. The predicted octanol–water partition coefficient (Wildman–Crippen LogP) is 0.838. The van der Waals surface area contributed by atoms with E-state index in [0.29, 0.717) is 16.4 Å². The molecule has 0 aliphatic carbocycles. The molecule has 6 nitrogen and oxygen atoms in total. The molecule has 2 aromatic rings. The van der Waals surface area contributed by atoms with Gasteiger partial charge in [-0.1, -0.05) is 0 Å². The van der Waals surface area contributed by atoms with Crippen molar-refractivity contribution in [1.82, 2.24) is 19.7 Å².